The van der Waals surface area contributed by atoms with E-state index in [4.69, 9.17) is 4.98 Å². The fraction of sp³-hybridized carbons (Fsp3) is 0. The number of hydrogen-bond donors (Lipinski definition) is 1. The normalized spacial score (nSPS) is 12.2. The Morgan fingerprint density at radius 1 is 0.500 bits per heavy atom. The first kappa shape index (κ1) is 22.7. The molecule has 0 aliphatic heterocycles. The molecule has 2 heterocycles. The molecule has 5 aromatic carbocycles. The topological polar surface area (TPSA) is 46.0 Å². The van der Waals surface area contributed by atoms with Gasteiger partial charge in [0.25, 0.3) is 0 Å². The van der Waals surface area contributed by atoms with Crippen molar-refractivity contribution in [2.45, 2.75) is 0 Å². The molecule has 0 fully saturated rings. The molecular weight excluding hydrogens is 483 g/mol. The Labute approximate surface area is 221 Å². The predicted octanol–water partition coefficient (Wildman–Crippen LogP) is 6.54. The minimum atomic E-state index is -3.41. The molecule has 38 heavy (non-hydrogen) atoms. The first-order valence-corrected chi connectivity index (χ1v) is 14.7. The van der Waals surface area contributed by atoms with E-state index in [-0.39, 0.29) is 0 Å². The SMILES string of the molecule is O[PH](c1ccc(-c2ccc3cccnc3n2)cc1)(c1cccc2ccccc12)c1cccc2ccccc12. The van der Waals surface area contributed by atoms with Crippen molar-refractivity contribution in [1.29, 1.82) is 0 Å². The summed E-state index contributed by atoms with van der Waals surface area (Å²) in [7, 11) is -3.41. The van der Waals surface area contributed by atoms with Crippen LogP contribution in [0.1, 0.15) is 0 Å². The summed E-state index contributed by atoms with van der Waals surface area (Å²) in [4.78, 5) is 22.2. The summed E-state index contributed by atoms with van der Waals surface area (Å²) in [6.45, 7) is 0. The second-order valence-corrected chi connectivity index (χ2v) is 12.7. The van der Waals surface area contributed by atoms with Crippen molar-refractivity contribution < 1.29 is 4.89 Å². The quantitative estimate of drug-likeness (QED) is 0.275. The van der Waals surface area contributed by atoms with Gasteiger partial charge in [0.15, 0.2) is 0 Å². The molecule has 0 aliphatic carbocycles. The molecule has 0 spiro atoms. The van der Waals surface area contributed by atoms with Gasteiger partial charge in [-0.05, 0) is 0 Å². The number of nitrogens with zero attached hydrogens (tertiary/aromatic N) is 2. The maximum absolute atomic E-state index is 13.0. The molecule has 0 aliphatic rings. The van der Waals surface area contributed by atoms with E-state index in [1.807, 2.05) is 42.5 Å². The van der Waals surface area contributed by atoms with Gasteiger partial charge in [0.1, 0.15) is 0 Å². The second kappa shape index (κ2) is 9.15. The number of fused-ring (bicyclic) bond motifs is 3. The molecule has 7 rings (SSSR count). The van der Waals surface area contributed by atoms with Gasteiger partial charge in [-0.25, -0.2) is 0 Å². The van der Waals surface area contributed by atoms with Crippen LogP contribution in [-0.4, -0.2) is 14.9 Å². The van der Waals surface area contributed by atoms with E-state index < -0.39 is 7.49 Å². The molecule has 3 nitrogen and oxygen atoms in total. The summed E-state index contributed by atoms with van der Waals surface area (Å²) in [6.07, 6.45) is 1.77. The van der Waals surface area contributed by atoms with E-state index >= 15 is 0 Å². The van der Waals surface area contributed by atoms with Gasteiger partial charge in [0.2, 0.25) is 0 Å². The van der Waals surface area contributed by atoms with Gasteiger partial charge in [-0.15, -0.1) is 0 Å². The van der Waals surface area contributed by atoms with Crippen molar-refractivity contribution in [3.8, 4) is 11.3 Å². The molecule has 0 amide bonds. The van der Waals surface area contributed by atoms with E-state index in [2.05, 4.69) is 96.0 Å². The second-order valence-electron chi connectivity index (χ2n) is 9.59. The summed E-state index contributed by atoms with van der Waals surface area (Å²) >= 11 is 0. The van der Waals surface area contributed by atoms with Crippen LogP contribution in [0, 0.1) is 0 Å². The van der Waals surface area contributed by atoms with Gasteiger partial charge in [-0.1, -0.05) is 0 Å². The average Bonchev–Trinajstić information content (AvgIpc) is 3.00. The van der Waals surface area contributed by atoms with E-state index in [0.29, 0.717) is 0 Å². The minimum absolute atomic E-state index is 0.728. The van der Waals surface area contributed by atoms with Crippen molar-refractivity contribution >= 4 is 56.0 Å². The van der Waals surface area contributed by atoms with Crippen molar-refractivity contribution in [3.05, 3.63) is 140 Å². The van der Waals surface area contributed by atoms with Gasteiger partial charge in [0.05, 0.1) is 0 Å². The summed E-state index contributed by atoms with van der Waals surface area (Å²) in [5, 5.41) is 8.36. The van der Waals surface area contributed by atoms with Crippen LogP contribution >= 0.6 is 7.49 Å². The molecule has 0 bridgehead atoms. The molecule has 0 radical (unpaired) electrons. The van der Waals surface area contributed by atoms with Crippen LogP contribution in [0.25, 0.3) is 43.8 Å². The van der Waals surface area contributed by atoms with E-state index in [1.165, 1.54) is 0 Å². The molecule has 182 valence electrons. The Hall–Kier alpha value is -4.43. The van der Waals surface area contributed by atoms with Crippen LogP contribution in [0.15, 0.2) is 140 Å². The summed E-state index contributed by atoms with van der Waals surface area (Å²) in [6, 6.07) is 45.5. The van der Waals surface area contributed by atoms with Crippen molar-refractivity contribution in [2.24, 2.45) is 0 Å². The van der Waals surface area contributed by atoms with Crippen LogP contribution in [0.4, 0.5) is 0 Å². The van der Waals surface area contributed by atoms with Gasteiger partial charge in [-0.3, -0.25) is 0 Å². The molecule has 0 unspecified atom stereocenters. The Kier molecular flexibility index (Phi) is 5.47. The Bertz CT molecular complexity index is 1860. The van der Waals surface area contributed by atoms with Gasteiger partial charge in [-0.2, -0.15) is 0 Å². The first-order chi connectivity index (χ1) is 18.7. The molecule has 0 atom stereocenters. The molecule has 7 aromatic rings. The third-order valence-corrected chi connectivity index (χ3v) is 11.0. The van der Waals surface area contributed by atoms with Crippen LogP contribution < -0.4 is 15.9 Å². The maximum atomic E-state index is 13.0. The monoisotopic (exact) mass is 508 g/mol. The number of rotatable bonds is 4. The molecular formula is C34H25N2OP. The third-order valence-electron chi connectivity index (χ3n) is 7.42. The average molecular weight is 509 g/mol. The molecule has 4 heteroatoms. The number of pyridine rings is 2. The van der Waals surface area contributed by atoms with Crippen LogP contribution in [-0.2, 0) is 0 Å². The van der Waals surface area contributed by atoms with Crippen molar-refractivity contribution in [2.75, 3.05) is 0 Å². The van der Waals surface area contributed by atoms with Crippen LogP contribution in [0.2, 0.25) is 0 Å². The zero-order valence-corrected chi connectivity index (χ0v) is 21.6. The molecule has 1 N–H and O–H groups in total. The zero-order chi connectivity index (χ0) is 25.5. The standard InChI is InChI=1S/C34H25N2OP/c37-38(32-15-5-10-24-8-1-3-13-29(24)32,33-16-6-11-25-9-2-4-14-30(25)33)28-20-17-26(18-21-28)31-22-19-27-12-7-23-35-34(27)36-31/h1-23,37-38H. The number of aromatic nitrogens is 2. The fourth-order valence-electron chi connectivity index (χ4n) is 5.53. The third kappa shape index (κ3) is 3.68. The van der Waals surface area contributed by atoms with E-state index in [0.717, 1.165) is 59.7 Å². The van der Waals surface area contributed by atoms with Crippen molar-refractivity contribution in [3.63, 3.8) is 0 Å². The Balaban J connectivity index is 1.45. The number of benzene rings is 5. The Morgan fingerprint density at radius 2 is 1.08 bits per heavy atom. The fourth-order valence-corrected chi connectivity index (χ4v) is 9.00. The zero-order valence-electron chi connectivity index (χ0n) is 20.6. The summed E-state index contributed by atoms with van der Waals surface area (Å²) in [5.41, 5.74) is 2.59. The summed E-state index contributed by atoms with van der Waals surface area (Å²) < 4.78 is 0. The molecule has 0 saturated carbocycles. The van der Waals surface area contributed by atoms with Crippen molar-refractivity contribution in [1.82, 2.24) is 9.97 Å². The van der Waals surface area contributed by atoms with Gasteiger partial charge >= 0.3 is 222 Å². The first-order valence-electron chi connectivity index (χ1n) is 12.7. The summed E-state index contributed by atoms with van der Waals surface area (Å²) in [5.74, 6) is 0. The van der Waals surface area contributed by atoms with Gasteiger partial charge < -0.3 is 0 Å². The predicted molar refractivity (Wildman–Crippen MR) is 162 cm³/mol. The number of hydrogen-bond acceptors (Lipinski definition) is 3. The van der Waals surface area contributed by atoms with E-state index in [9.17, 15) is 4.89 Å². The van der Waals surface area contributed by atoms with E-state index in [1.54, 1.807) is 6.20 Å². The molecule has 0 saturated heterocycles. The van der Waals surface area contributed by atoms with Crippen LogP contribution in [0.3, 0.4) is 0 Å². The Morgan fingerprint density at radius 3 is 1.74 bits per heavy atom. The molecule has 2 aromatic heterocycles. The van der Waals surface area contributed by atoms with Gasteiger partial charge in [0, 0.05) is 0 Å². The van der Waals surface area contributed by atoms with Crippen LogP contribution in [0.5, 0.6) is 0 Å².